The van der Waals surface area contributed by atoms with Crippen LogP contribution in [0.3, 0.4) is 0 Å². The lowest BCUT2D eigenvalue weighted by atomic mass is 9.98. The van der Waals surface area contributed by atoms with Crippen molar-refractivity contribution in [2.75, 3.05) is 0 Å². The van der Waals surface area contributed by atoms with Gasteiger partial charge in [0.2, 0.25) is 0 Å². The summed E-state index contributed by atoms with van der Waals surface area (Å²) in [5, 5.41) is 0. The summed E-state index contributed by atoms with van der Waals surface area (Å²) in [7, 11) is 0. The Kier molecular flexibility index (Phi) is 2.70. The van der Waals surface area contributed by atoms with E-state index in [1.165, 1.54) is 6.92 Å². The Hall–Kier alpha value is -0.510. The monoisotopic (exact) mass is 128 g/mol. The van der Waals surface area contributed by atoms with Gasteiger partial charge in [-0.3, -0.25) is 0 Å². The Balaban J connectivity index is 3.88. The van der Waals surface area contributed by atoms with Gasteiger partial charge in [0.1, 0.15) is 0 Å². The highest BCUT2D eigenvalue weighted by Gasteiger charge is 2.03. The molecular formula is C8H13F. The summed E-state index contributed by atoms with van der Waals surface area (Å²) in [6.07, 6.45) is -0.996. The molecule has 0 rings (SSSR count). The third-order valence-electron chi connectivity index (χ3n) is 0.646. The Bertz CT molecular complexity index is 129. The van der Waals surface area contributed by atoms with Crippen LogP contribution in [0, 0.1) is 17.3 Å². The highest BCUT2D eigenvalue weighted by Crippen LogP contribution is 2.09. The van der Waals surface area contributed by atoms with Crippen molar-refractivity contribution in [2.45, 2.75) is 33.9 Å². The van der Waals surface area contributed by atoms with Crippen LogP contribution in [-0.4, -0.2) is 6.17 Å². The third kappa shape index (κ3) is 7.49. The van der Waals surface area contributed by atoms with E-state index in [4.69, 9.17) is 0 Å². The molecule has 0 aliphatic rings. The summed E-state index contributed by atoms with van der Waals surface area (Å²) in [5.74, 6) is 5.27. The molecule has 0 fully saturated rings. The predicted molar refractivity (Wildman–Crippen MR) is 37.8 cm³/mol. The Morgan fingerprint density at radius 2 is 1.78 bits per heavy atom. The lowest BCUT2D eigenvalue weighted by molar-refractivity contribution is 0.441. The van der Waals surface area contributed by atoms with Gasteiger partial charge in [0, 0.05) is 5.41 Å². The molecule has 0 aromatic rings. The van der Waals surface area contributed by atoms with Crippen molar-refractivity contribution in [3.8, 4) is 11.8 Å². The van der Waals surface area contributed by atoms with Gasteiger partial charge in [0.05, 0.1) is 0 Å². The van der Waals surface area contributed by atoms with Crippen LogP contribution < -0.4 is 0 Å². The van der Waals surface area contributed by atoms with Gasteiger partial charge in [0.15, 0.2) is 6.17 Å². The van der Waals surface area contributed by atoms with Crippen LogP contribution in [0.15, 0.2) is 0 Å². The van der Waals surface area contributed by atoms with Crippen molar-refractivity contribution in [2.24, 2.45) is 5.41 Å². The lowest BCUT2D eigenvalue weighted by Gasteiger charge is -2.06. The number of hydrogen-bond donors (Lipinski definition) is 0. The average Bonchev–Trinajstić information content (AvgIpc) is 1.59. The van der Waals surface area contributed by atoms with Gasteiger partial charge in [-0.2, -0.15) is 0 Å². The highest BCUT2D eigenvalue weighted by atomic mass is 19.1. The first-order valence-electron chi connectivity index (χ1n) is 3.08. The molecular weight excluding hydrogens is 115 g/mol. The molecule has 52 valence electrons. The second-order valence-electron chi connectivity index (χ2n) is 3.14. The molecule has 0 spiro atoms. The summed E-state index contributed by atoms with van der Waals surface area (Å²) in [4.78, 5) is 0. The van der Waals surface area contributed by atoms with E-state index in [9.17, 15) is 4.39 Å². The predicted octanol–water partition coefficient (Wildman–Crippen LogP) is 2.39. The van der Waals surface area contributed by atoms with Gasteiger partial charge in [-0.15, -0.1) is 0 Å². The maximum absolute atomic E-state index is 12.1. The third-order valence-corrected chi connectivity index (χ3v) is 0.646. The molecule has 1 heteroatoms. The van der Waals surface area contributed by atoms with Crippen LogP contribution in [0.25, 0.3) is 0 Å². The maximum Gasteiger partial charge on any atom is 0.157 e. The van der Waals surface area contributed by atoms with Gasteiger partial charge >= 0.3 is 0 Å². The zero-order chi connectivity index (χ0) is 7.49. The molecule has 0 bridgehead atoms. The standard InChI is InChI=1S/C8H13F/c1-7(9)5-6-8(2,3)4/h7H,1-4H3. The number of hydrogen-bond acceptors (Lipinski definition) is 0. The number of halogens is 1. The molecule has 1 unspecified atom stereocenters. The molecule has 0 amide bonds. The van der Waals surface area contributed by atoms with Crippen molar-refractivity contribution >= 4 is 0 Å². The minimum atomic E-state index is -0.996. The van der Waals surface area contributed by atoms with Crippen molar-refractivity contribution in [3.05, 3.63) is 0 Å². The lowest BCUT2D eigenvalue weighted by Crippen LogP contribution is -2.00. The fraction of sp³-hybridized carbons (Fsp3) is 0.750. The summed E-state index contributed by atoms with van der Waals surface area (Å²) < 4.78 is 12.1. The van der Waals surface area contributed by atoms with Gasteiger partial charge < -0.3 is 0 Å². The molecule has 0 aliphatic heterocycles. The zero-order valence-corrected chi connectivity index (χ0v) is 6.46. The molecule has 1 atom stereocenters. The fourth-order valence-corrected chi connectivity index (χ4v) is 0.316. The normalized spacial score (nSPS) is 13.9. The first kappa shape index (κ1) is 8.49. The summed E-state index contributed by atoms with van der Waals surface area (Å²) in [5.41, 5.74) is -0.0691. The first-order chi connectivity index (χ1) is 3.92. The van der Waals surface area contributed by atoms with E-state index in [0.29, 0.717) is 0 Å². The second kappa shape index (κ2) is 2.87. The summed E-state index contributed by atoms with van der Waals surface area (Å²) in [6, 6.07) is 0. The molecule has 0 aromatic heterocycles. The molecule has 0 aromatic carbocycles. The minimum Gasteiger partial charge on any atom is -0.234 e. The molecule has 0 N–H and O–H groups in total. The maximum atomic E-state index is 12.1. The van der Waals surface area contributed by atoms with E-state index < -0.39 is 6.17 Å². The zero-order valence-electron chi connectivity index (χ0n) is 6.46. The Morgan fingerprint density at radius 3 is 1.89 bits per heavy atom. The van der Waals surface area contributed by atoms with E-state index >= 15 is 0 Å². The molecule has 0 saturated carbocycles. The smallest absolute Gasteiger partial charge is 0.157 e. The van der Waals surface area contributed by atoms with Gasteiger partial charge in [-0.1, -0.05) is 11.8 Å². The van der Waals surface area contributed by atoms with E-state index in [0.717, 1.165) is 0 Å². The van der Waals surface area contributed by atoms with E-state index in [1.807, 2.05) is 20.8 Å². The molecule has 9 heavy (non-hydrogen) atoms. The molecule has 0 nitrogen and oxygen atoms in total. The largest absolute Gasteiger partial charge is 0.234 e. The van der Waals surface area contributed by atoms with Crippen molar-refractivity contribution in [1.82, 2.24) is 0 Å². The Labute approximate surface area is 56.5 Å². The van der Waals surface area contributed by atoms with Gasteiger partial charge in [-0.25, -0.2) is 4.39 Å². The SMILES string of the molecule is CC(F)C#CC(C)(C)C. The van der Waals surface area contributed by atoms with Gasteiger partial charge in [0.25, 0.3) is 0 Å². The van der Waals surface area contributed by atoms with Crippen LogP contribution in [0.1, 0.15) is 27.7 Å². The quantitative estimate of drug-likeness (QED) is 0.439. The van der Waals surface area contributed by atoms with E-state index in [1.54, 1.807) is 0 Å². The average molecular weight is 128 g/mol. The summed E-state index contributed by atoms with van der Waals surface area (Å²) in [6.45, 7) is 7.33. The van der Waals surface area contributed by atoms with Crippen LogP contribution >= 0.6 is 0 Å². The highest BCUT2D eigenvalue weighted by molar-refractivity contribution is 5.09. The molecule has 0 heterocycles. The van der Waals surface area contributed by atoms with Crippen molar-refractivity contribution in [3.63, 3.8) is 0 Å². The van der Waals surface area contributed by atoms with Crippen molar-refractivity contribution < 1.29 is 4.39 Å². The number of alkyl halides is 1. The first-order valence-corrected chi connectivity index (χ1v) is 3.08. The fourth-order valence-electron chi connectivity index (χ4n) is 0.316. The van der Waals surface area contributed by atoms with Crippen LogP contribution in [0.5, 0.6) is 0 Å². The summed E-state index contributed by atoms with van der Waals surface area (Å²) >= 11 is 0. The number of rotatable bonds is 0. The molecule has 0 radical (unpaired) electrons. The molecule has 0 aliphatic carbocycles. The Morgan fingerprint density at radius 1 is 1.33 bits per heavy atom. The molecule has 0 saturated heterocycles. The van der Waals surface area contributed by atoms with Gasteiger partial charge in [-0.05, 0) is 27.7 Å². The van der Waals surface area contributed by atoms with E-state index in [2.05, 4.69) is 11.8 Å². The second-order valence-corrected chi connectivity index (χ2v) is 3.14. The van der Waals surface area contributed by atoms with Crippen LogP contribution in [-0.2, 0) is 0 Å². The van der Waals surface area contributed by atoms with Crippen LogP contribution in [0.2, 0.25) is 0 Å². The van der Waals surface area contributed by atoms with E-state index in [-0.39, 0.29) is 5.41 Å². The topological polar surface area (TPSA) is 0 Å². The van der Waals surface area contributed by atoms with Crippen molar-refractivity contribution in [1.29, 1.82) is 0 Å². The van der Waals surface area contributed by atoms with Crippen LogP contribution in [0.4, 0.5) is 4.39 Å². The minimum absolute atomic E-state index is 0.0691.